The summed E-state index contributed by atoms with van der Waals surface area (Å²) in [7, 11) is 1.60. The van der Waals surface area contributed by atoms with E-state index >= 15 is 0 Å². The van der Waals surface area contributed by atoms with E-state index in [-0.39, 0.29) is 16.2 Å². The summed E-state index contributed by atoms with van der Waals surface area (Å²) in [5, 5.41) is 3.77. The molecule has 1 aliphatic rings. The summed E-state index contributed by atoms with van der Waals surface area (Å²) >= 11 is -2.11. The van der Waals surface area contributed by atoms with Gasteiger partial charge in [-0.3, -0.25) is 14.4 Å². The minimum absolute atomic E-state index is 0.0133. The third-order valence-corrected chi connectivity index (χ3v) is 7.50. The number of hydrogen-bond donors (Lipinski definition) is 2. The van der Waals surface area contributed by atoms with Gasteiger partial charge in [-0.2, -0.15) is 0 Å². The Morgan fingerprint density at radius 2 is 1.47 bits per heavy atom. The van der Waals surface area contributed by atoms with Crippen LogP contribution < -0.4 is 10.9 Å². The lowest BCUT2D eigenvalue weighted by Gasteiger charge is -2.25. The van der Waals surface area contributed by atoms with Gasteiger partial charge in [-0.15, -0.1) is 0 Å². The SMILES string of the molecule is Cn1c(=O)c(C(=O)c2ccccc2)c2c3c(c(Nc4ccc(S(=O)O)cc4)ccc31)C(=O)c1ccccc1-2. The third kappa shape index (κ3) is 3.61. The molecule has 1 unspecified atom stereocenters. The van der Waals surface area contributed by atoms with Crippen LogP contribution in [0.3, 0.4) is 0 Å². The number of benzene rings is 4. The monoisotopic (exact) mass is 520 g/mol. The maximum atomic E-state index is 13.9. The molecule has 0 spiro atoms. The van der Waals surface area contributed by atoms with E-state index in [2.05, 4.69) is 5.32 Å². The number of carbonyl (C=O) groups excluding carboxylic acids is 2. The molecule has 8 heteroatoms. The topological polar surface area (TPSA) is 105 Å². The molecule has 0 saturated heterocycles. The normalized spacial score (nSPS) is 12.7. The highest BCUT2D eigenvalue weighted by atomic mass is 32.2. The van der Waals surface area contributed by atoms with Crippen molar-refractivity contribution < 1.29 is 18.4 Å². The quantitative estimate of drug-likeness (QED) is 0.236. The Morgan fingerprint density at radius 3 is 2.16 bits per heavy atom. The van der Waals surface area contributed by atoms with E-state index in [1.54, 1.807) is 85.9 Å². The Kier molecular flexibility index (Phi) is 5.63. The fourth-order valence-corrected chi connectivity index (χ4v) is 5.40. The van der Waals surface area contributed by atoms with E-state index < -0.39 is 22.4 Å². The van der Waals surface area contributed by atoms with Crippen LogP contribution in [0.25, 0.3) is 22.0 Å². The molecule has 0 radical (unpaired) electrons. The fourth-order valence-electron chi connectivity index (χ4n) is 5.03. The van der Waals surface area contributed by atoms with Gasteiger partial charge >= 0.3 is 0 Å². The highest BCUT2D eigenvalue weighted by Crippen LogP contribution is 2.44. The van der Waals surface area contributed by atoms with Gasteiger partial charge in [0.15, 0.2) is 22.6 Å². The number of anilines is 2. The number of aromatic nitrogens is 1. The van der Waals surface area contributed by atoms with E-state index in [4.69, 9.17) is 0 Å². The maximum Gasteiger partial charge on any atom is 0.262 e. The van der Waals surface area contributed by atoms with Crippen LogP contribution in [-0.2, 0) is 18.1 Å². The van der Waals surface area contributed by atoms with Crippen molar-refractivity contribution >= 4 is 44.9 Å². The average Bonchev–Trinajstić information content (AvgIpc) is 2.94. The second kappa shape index (κ2) is 9.02. The number of hydrogen-bond acceptors (Lipinski definition) is 5. The summed E-state index contributed by atoms with van der Waals surface area (Å²) in [6.45, 7) is 0. The molecule has 1 heterocycles. The smallest absolute Gasteiger partial charge is 0.262 e. The van der Waals surface area contributed by atoms with Crippen LogP contribution >= 0.6 is 0 Å². The Hall–Kier alpha value is -4.66. The van der Waals surface area contributed by atoms with E-state index in [1.165, 1.54) is 16.7 Å². The van der Waals surface area contributed by atoms with Crippen LogP contribution in [0.5, 0.6) is 0 Å². The zero-order valence-electron chi connectivity index (χ0n) is 20.1. The van der Waals surface area contributed by atoms with Gasteiger partial charge in [0.25, 0.3) is 5.56 Å². The Morgan fingerprint density at radius 1 is 0.816 bits per heavy atom. The molecule has 38 heavy (non-hydrogen) atoms. The van der Waals surface area contributed by atoms with Crippen molar-refractivity contribution in [1.29, 1.82) is 0 Å². The number of fused-ring (bicyclic) bond motifs is 2. The van der Waals surface area contributed by atoms with Gasteiger partial charge in [0.2, 0.25) is 0 Å². The Balaban J connectivity index is 1.67. The summed E-state index contributed by atoms with van der Waals surface area (Å²) in [6.07, 6.45) is 0. The van der Waals surface area contributed by atoms with Crippen LogP contribution in [0.2, 0.25) is 0 Å². The second-order valence-electron chi connectivity index (χ2n) is 8.96. The zero-order valence-corrected chi connectivity index (χ0v) is 20.9. The lowest BCUT2D eigenvalue weighted by atomic mass is 9.80. The molecule has 6 rings (SSSR count). The number of nitrogens with one attached hydrogen (secondary N) is 1. The van der Waals surface area contributed by atoms with Crippen molar-refractivity contribution in [2.75, 3.05) is 5.32 Å². The zero-order chi connectivity index (χ0) is 26.6. The Bertz CT molecular complexity index is 1880. The molecule has 0 amide bonds. The van der Waals surface area contributed by atoms with E-state index in [9.17, 15) is 23.1 Å². The maximum absolute atomic E-state index is 13.9. The number of rotatable bonds is 5. The number of ketones is 2. The van der Waals surface area contributed by atoms with Crippen LogP contribution in [-0.4, -0.2) is 24.9 Å². The van der Waals surface area contributed by atoms with Gasteiger partial charge in [-0.25, -0.2) is 4.21 Å². The van der Waals surface area contributed by atoms with E-state index in [0.717, 1.165) is 0 Å². The molecule has 1 aliphatic carbocycles. The molecule has 0 aliphatic heterocycles. The number of nitrogens with zero attached hydrogens (tertiary/aromatic N) is 1. The van der Waals surface area contributed by atoms with Crippen molar-refractivity contribution in [2.24, 2.45) is 7.05 Å². The van der Waals surface area contributed by atoms with Crippen molar-refractivity contribution in [3.63, 3.8) is 0 Å². The standard InChI is InChI=1S/C30H20N2O5S/c1-32-23-16-15-22(31-18-11-13-19(14-12-18)38(36)37)25-26(23)24(20-9-5-6-10-21(20)29(25)34)27(30(32)35)28(33)17-7-3-2-4-8-17/h2-16,31H,1H3,(H,36,37). The van der Waals surface area contributed by atoms with Gasteiger partial charge in [0.1, 0.15) is 0 Å². The molecule has 7 nitrogen and oxygen atoms in total. The predicted octanol–water partition coefficient (Wildman–Crippen LogP) is 5.31. The van der Waals surface area contributed by atoms with Crippen LogP contribution in [0.15, 0.2) is 101 Å². The summed E-state index contributed by atoms with van der Waals surface area (Å²) in [5.74, 6) is -0.643. The summed E-state index contributed by atoms with van der Waals surface area (Å²) in [4.78, 5) is 41.6. The van der Waals surface area contributed by atoms with E-state index in [0.29, 0.717) is 50.1 Å². The summed E-state index contributed by atoms with van der Waals surface area (Å²) < 4.78 is 22.1. The highest BCUT2D eigenvalue weighted by molar-refractivity contribution is 7.79. The van der Waals surface area contributed by atoms with Crippen molar-refractivity contribution in [3.05, 3.63) is 124 Å². The molecule has 0 saturated carbocycles. The molecule has 0 fully saturated rings. The summed E-state index contributed by atoms with van der Waals surface area (Å²) in [6, 6.07) is 25.4. The fraction of sp³-hybridized carbons (Fsp3) is 0.0333. The van der Waals surface area contributed by atoms with Crippen molar-refractivity contribution in [3.8, 4) is 11.1 Å². The van der Waals surface area contributed by atoms with Crippen LogP contribution in [0.4, 0.5) is 11.4 Å². The molecule has 4 aromatic carbocycles. The van der Waals surface area contributed by atoms with Gasteiger partial charge in [-0.05, 0) is 42.0 Å². The average molecular weight is 521 g/mol. The van der Waals surface area contributed by atoms with Gasteiger partial charge in [0, 0.05) is 34.8 Å². The molecule has 1 aromatic heterocycles. The van der Waals surface area contributed by atoms with Crippen molar-refractivity contribution in [2.45, 2.75) is 4.90 Å². The molecular formula is C30H20N2O5S. The van der Waals surface area contributed by atoms with E-state index in [1.807, 2.05) is 0 Å². The minimum atomic E-state index is -2.11. The first-order valence-corrected chi connectivity index (χ1v) is 12.9. The van der Waals surface area contributed by atoms with Crippen LogP contribution in [0.1, 0.15) is 31.8 Å². The third-order valence-electron chi connectivity index (χ3n) is 6.83. The van der Waals surface area contributed by atoms with Crippen molar-refractivity contribution in [1.82, 2.24) is 4.57 Å². The molecule has 1 atom stereocenters. The van der Waals surface area contributed by atoms with Gasteiger partial charge in [0.05, 0.1) is 27.2 Å². The molecule has 2 N–H and O–H groups in total. The van der Waals surface area contributed by atoms with Gasteiger partial charge < -0.3 is 14.4 Å². The van der Waals surface area contributed by atoms with Gasteiger partial charge in [-0.1, -0.05) is 54.6 Å². The van der Waals surface area contributed by atoms with Crippen LogP contribution in [0, 0.1) is 0 Å². The Labute approximate surface area is 219 Å². The number of pyridine rings is 1. The lowest BCUT2D eigenvalue weighted by Crippen LogP contribution is -2.29. The molecule has 5 aromatic rings. The largest absolute Gasteiger partial charge is 0.355 e. The predicted molar refractivity (Wildman–Crippen MR) is 147 cm³/mol. The molecular weight excluding hydrogens is 500 g/mol. The lowest BCUT2D eigenvalue weighted by molar-refractivity contribution is 0.102. The first-order chi connectivity index (χ1) is 18.4. The second-order valence-corrected chi connectivity index (χ2v) is 9.93. The number of carbonyl (C=O) groups is 2. The highest BCUT2D eigenvalue weighted by Gasteiger charge is 2.33. The molecule has 186 valence electrons. The molecule has 0 bridgehead atoms. The first kappa shape index (κ1) is 23.7. The first-order valence-electron chi connectivity index (χ1n) is 11.8. The minimum Gasteiger partial charge on any atom is -0.355 e. The number of aryl methyl sites for hydroxylation is 1. The summed E-state index contributed by atoms with van der Waals surface area (Å²) in [5.41, 5.74) is 3.32.